The van der Waals surface area contributed by atoms with Crippen molar-refractivity contribution in [1.29, 1.82) is 0 Å². The fourth-order valence-electron chi connectivity index (χ4n) is 2.47. The first-order valence-corrected chi connectivity index (χ1v) is 7.11. The van der Waals surface area contributed by atoms with Gasteiger partial charge in [0, 0.05) is 9.37 Å². The number of carbonyl (C=O) groups excluding carboxylic acids is 1. The van der Waals surface area contributed by atoms with Gasteiger partial charge in [0.25, 0.3) is 0 Å². The van der Waals surface area contributed by atoms with Crippen LogP contribution < -0.4 is 5.32 Å². The van der Waals surface area contributed by atoms with Crippen molar-refractivity contribution in [3.8, 4) is 0 Å². The zero-order chi connectivity index (χ0) is 11.2. The molecule has 0 atom stereocenters. The van der Waals surface area contributed by atoms with Crippen LogP contribution in [-0.2, 0) is 4.79 Å². The molecule has 0 radical (unpaired) electrons. The Morgan fingerprint density at radius 1 is 1.31 bits per heavy atom. The molecule has 1 aromatic rings. The fraction of sp³-hybridized carbons (Fsp3) is 0.417. The Balaban J connectivity index is 2.05. The van der Waals surface area contributed by atoms with Crippen molar-refractivity contribution in [3.63, 3.8) is 0 Å². The molecule has 1 amide bonds. The van der Waals surface area contributed by atoms with Crippen LogP contribution in [0.3, 0.4) is 0 Å². The minimum atomic E-state index is -0.187. The molecule has 1 heterocycles. The van der Waals surface area contributed by atoms with E-state index in [9.17, 15) is 4.79 Å². The topological polar surface area (TPSA) is 29.1 Å². The number of benzene rings is 1. The number of nitrogens with one attached hydrogen (secondary N) is 1. The molecule has 1 aromatic carbocycles. The highest BCUT2D eigenvalue weighted by atomic mass is 79.9. The summed E-state index contributed by atoms with van der Waals surface area (Å²) < 4.78 is 0.784. The second kappa shape index (κ2) is 3.77. The average molecular weight is 298 g/mol. The summed E-state index contributed by atoms with van der Waals surface area (Å²) in [4.78, 5) is 13.4. The lowest BCUT2D eigenvalue weighted by atomic mass is 10.1. The van der Waals surface area contributed by atoms with Crippen molar-refractivity contribution in [3.05, 3.63) is 22.7 Å². The molecule has 84 valence electrons. The van der Waals surface area contributed by atoms with Crippen LogP contribution in [-0.4, -0.2) is 10.7 Å². The van der Waals surface area contributed by atoms with Gasteiger partial charge in [-0.05, 0) is 40.9 Å². The predicted octanol–water partition coefficient (Wildman–Crippen LogP) is 3.81. The molecule has 1 aliphatic heterocycles. The number of hydrogen-bond acceptors (Lipinski definition) is 2. The van der Waals surface area contributed by atoms with Gasteiger partial charge in [0.1, 0.15) is 0 Å². The van der Waals surface area contributed by atoms with Gasteiger partial charge in [0.05, 0.1) is 10.4 Å². The van der Waals surface area contributed by atoms with Crippen LogP contribution in [0.1, 0.15) is 25.7 Å². The van der Waals surface area contributed by atoms with Crippen LogP contribution in [0.2, 0.25) is 0 Å². The van der Waals surface area contributed by atoms with Gasteiger partial charge in [-0.1, -0.05) is 18.9 Å². The summed E-state index contributed by atoms with van der Waals surface area (Å²) in [6.07, 6.45) is 4.36. The minimum Gasteiger partial charge on any atom is -0.323 e. The molecule has 1 N–H and O–H groups in total. The summed E-state index contributed by atoms with van der Waals surface area (Å²) in [5, 5.41) is 3.05. The third-order valence-corrected chi connectivity index (χ3v) is 5.55. The van der Waals surface area contributed by atoms with Crippen molar-refractivity contribution in [2.24, 2.45) is 0 Å². The van der Waals surface area contributed by atoms with E-state index in [1.807, 2.05) is 12.1 Å². The van der Waals surface area contributed by atoms with Crippen LogP contribution in [0, 0.1) is 0 Å². The smallest absolute Gasteiger partial charge is 0.241 e. The maximum absolute atomic E-state index is 12.2. The maximum Gasteiger partial charge on any atom is 0.241 e. The van der Waals surface area contributed by atoms with Crippen LogP contribution in [0.5, 0.6) is 0 Å². The number of anilines is 1. The lowest BCUT2D eigenvalue weighted by Gasteiger charge is -2.33. The molecule has 1 saturated carbocycles. The van der Waals surface area contributed by atoms with Crippen molar-refractivity contribution in [2.75, 3.05) is 5.32 Å². The molecule has 4 heteroatoms. The molecule has 3 rings (SSSR count). The lowest BCUT2D eigenvalue weighted by molar-refractivity contribution is -0.118. The number of para-hydroxylation sites is 1. The first kappa shape index (κ1) is 10.7. The Labute approximate surface area is 107 Å². The molecule has 16 heavy (non-hydrogen) atoms. The molecular formula is C12H12BrNOS. The molecule has 1 aliphatic carbocycles. The van der Waals surface area contributed by atoms with E-state index in [0.717, 1.165) is 23.0 Å². The summed E-state index contributed by atoms with van der Waals surface area (Å²) in [6.45, 7) is 0. The predicted molar refractivity (Wildman–Crippen MR) is 69.8 cm³/mol. The van der Waals surface area contributed by atoms with E-state index in [1.165, 1.54) is 17.7 Å². The highest BCUT2D eigenvalue weighted by Gasteiger charge is 2.45. The fourth-order valence-corrected chi connectivity index (χ4v) is 4.53. The van der Waals surface area contributed by atoms with Crippen LogP contribution in [0.25, 0.3) is 0 Å². The van der Waals surface area contributed by atoms with E-state index in [2.05, 4.69) is 27.3 Å². The molecule has 0 unspecified atom stereocenters. The third-order valence-electron chi connectivity index (χ3n) is 3.34. The van der Waals surface area contributed by atoms with E-state index < -0.39 is 0 Å². The maximum atomic E-state index is 12.2. The normalized spacial score (nSPS) is 21.9. The number of fused-ring (bicyclic) bond motifs is 1. The summed E-state index contributed by atoms with van der Waals surface area (Å²) >= 11 is 5.23. The average Bonchev–Trinajstić information content (AvgIpc) is 2.71. The van der Waals surface area contributed by atoms with Gasteiger partial charge < -0.3 is 5.32 Å². The summed E-state index contributed by atoms with van der Waals surface area (Å²) in [5.74, 6) is 0.189. The van der Waals surface area contributed by atoms with E-state index in [4.69, 9.17) is 0 Å². The molecule has 1 spiro atoms. The Morgan fingerprint density at radius 2 is 2.06 bits per heavy atom. The summed E-state index contributed by atoms with van der Waals surface area (Å²) in [6, 6.07) is 6.08. The largest absolute Gasteiger partial charge is 0.323 e. The first-order valence-electron chi connectivity index (χ1n) is 5.50. The molecule has 2 aliphatic rings. The van der Waals surface area contributed by atoms with Gasteiger partial charge in [-0.15, -0.1) is 11.8 Å². The SMILES string of the molecule is O=C1Nc2c(Br)cccc2SC12CCCC2. The highest BCUT2D eigenvalue weighted by Crippen LogP contribution is 2.52. The van der Waals surface area contributed by atoms with Gasteiger partial charge >= 0.3 is 0 Å². The number of halogens is 1. The Hall–Kier alpha value is -0.480. The molecule has 2 nitrogen and oxygen atoms in total. The zero-order valence-electron chi connectivity index (χ0n) is 8.75. The lowest BCUT2D eigenvalue weighted by Crippen LogP contribution is -2.40. The monoisotopic (exact) mass is 297 g/mol. The van der Waals surface area contributed by atoms with Crippen LogP contribution in [0.4, 0.5) is 5.69 Å². The number of thioether (sulfide) groups is 1. The van der Waals surface area contributed by atoms with Gasteiger partial charge in [0.2, 0.25) is 5.91 Å². The molecule has 0 saturated heterocycles. The zero-order valence-corrected chi connectivity index (χ0v) is 11.2. The number of rotatable bonds is 0. The molecule has 1 fully saturated rings. The van der Waals surface area contributed by atoms with Gasteiger partial charge in [-0.2, -0.15) is 0 Å². The van der Waals surface area contributed by atoms with E-state index in [0.29, 0.717) is 0 Å². The molecular weight excluding hydrogens is 286 g/mol. The second-order valence-corrected chi connectivity index (χ2v) is 6.65. The van der Waals surface area contributed by atoms with Gasteiger partial charge in [0.15, 0.2) is 0 Å². The molecule has 0 bridgehead atoms. The number of amides is 1. The Morgan fingerprint density at radius 3 is 2.81 bits per heavy atom. The Bertz CT molecular complexity index is 454. The van der Waals surface area contributed by atoms with E-state index in [-0.39, 0.29) is 10.7 Å². The standard InChI is InChI=1S/C12H12BrNOS/c13-8-4-3-5-9-10(8)14-11(15)12(16-9)6-1-2-7-12/h3-5H,1-2,6-7H2,(H,14,15). The van der Waals surface area contributed by atoms with E-state index in [1.54, 1.807) is 11.8 Å². The van der Waals surface area contributed by atoms with Crippen molar-refractivity contribution < 1.29 is 4.79 Å². The van der Waals surface area contributed by atoms with Crippen molar-refractivity contribution >= 4 is 39.3 Å². The van der Waals surface area contributed by atoms with Crippen molar-refractivity contribution in [1.82, 2.24) is 0 Å². The third kappa shape index (κ3) is 1.51. The minimum absolute atomic E-state index is 0.187. The quantitative estimate of drug-likeness (QED) is 0.789. The summed E-state index contributed by atoms with van der Waals surface area (Å²) in [7, 11) is 0. The number of hydrogen-bond donors (Lipinski definition) is 1. The van der Waals surface area contributed by atoms with Crippen LogP contribution >= 0.6 is 27.7 Å². The Kier molecular flexibility index (Phi) is 2.51. The van der Waals surface area contributed by atoms with Gasteiger partial charge in [-0.3, -0.25) is 4.79 Å². The van der Waals surface area contributed by atoms with Crippen molar-refractivity contribution in [2.45, 2.75) is 35.3 Å². The second-order valence-electron chi connectivity index (χ2n) is 4.37. The first-order chi connectivity index (χ1) is 7.71. The van der Waals surface area contributed by atoms with Crippen LogP contribution in [0.15, 0.2) is 27.6 Å². The highest BCUT2D eigenvalue weighted by molar-refractivity contribution is 9.10. The number of carbonyl (C=O) groups is 1. The van der Waals surface area contributed by atoms with Gasteiger partial charge in [-0.25, -0.2) is 0 Å². The van der Waals surface area contributed by atoms with E-state index >= 15 is 0 Å². The molecule has 0 aromatic heterocycles. The summed E-state index contributed by atoms with van der Waals surface area (Å²) in [5.41, 5.74) is 0.940.